The number of carboxylic acid groups (broad SMARTS) is 1. The molecule has 1 saturated carbocycles. The van der Waals surface area contributed by atoms with Gasteiger partial charge in [-0.25, -0.2) is 4.79 Å². The van der Waals surface area contributed by atoms with E-state index in [0.717, 1.165) is 29.5 Å². The quantitative estimate of drug-likeness (QED) is 0.329. The van der Waals surface area contributed by atoms with E-state index in [2.05, 4.69) is 23.3 Å². The zero-order valence-electron chi connectivity index (χ0n) is 21.7. The van der Waals surface area contributed by atoms with Crippen LogP contribution in [0.3, 0.4) is 0 Å². The largest absolute Gasteiger partial charge is 0.497 e. The molecule has 0 radical (unpaired) electrons. The molecule has 1 aliphatic rings. The third-order valence-electron chi connectivity index (χ3n) is 6.84. The van der Waals surface area contributed by atoms with Crippen LogP contribution in [-0.2, 0) is 20.8 Å². The van der Waals surface area contributed by atoms with Crippen LogP contribution in [0, 0.1) is 5.92 Å². The maximum atomic E-state index is 13.3. The summed E-state index contributed by atoms with van der Waals surface area (Å²) in [5, 5.41) is 14.9. The van der Waals surface area contributed by atoms with E-state index in [-0.39, 0.29) is 18.2 Å². The Morgan fingerprint density at radius 3 is 2.03 bits per heavy atom. The topological polar surface area (TPSA) is 114 Å². The Morgan fingerprint density at radius 1 is 0.973 bits per heavy atom. The second kappa shape index (κ2) is 12.4. The maximum absolute atomic E-state index is 13.3. The number of methoxy groups -OCH3 is 2. The van der Waals surface area contributed by atoms with Crippen molar-refractivity contribution >= 4 is 30.4 Å². The molecular weight excluding hydrogens is 492 g/mol. The number of ether oxygens (including phenoxy) is 2. The Balaban J connectivity index is 1.74. The minimum atomic E-state index is -1.14. The van der Waals surface area contributed by atoms with Crippen LogP contribution in [0.25, 0.3) is 11.1 Å². The van der Waals surface area contributed by atoms with Gasteiger partial charge in [-0.15, -0.1) is 0 Å². The molecule has 3 N–H and O–H groups in total. The zero-order valence-corrected chi connectivity index (χ0v) is 22.6. The van der Waals surface area contributed by atoms with E-state index in [9.17, 15) is 19.5 Å². The molecule has 0 heterocycles. The number of hydrogen-bond donors (Lipinski definition) is 4. The minimum Gasteiger partial charge on any atom is -0.497 e. The van der Waals surface area contributed by atoms with Crippen LogP contribution < -0.4 is 20.1 Å². The standard InChI is InChI=1S/C28H36N2O6S/c1-17(2)24(37)25(31)30-28(11-5-6-12-28)27(34)29-23(26(32)33)13-18-7-9-19(10-8-18)20-14-21(35-3)16-22(15-20)36-4/h7-10,14-17,23-24,37H,5-6,11-13H2,1-4H3,(H,29,34)(H,30,31)(H,32,33). The van der Waals surface area contributed by atoms with Crippen molar-refractivity contribution in [2.24, 2.45) is 5.92 Å². The third-order valence-corrected chi connectivity index (χ3v) is 7.67. The third kappa shape index (κ3) is 6.97. The number of carbonyl (C=O) groups excluding carboxylic acids is 2. The molecule has 2 atom stereocenters. The van der Waals surface area contributed by atoms with Gasteiger partial charge in [0.1, 0.15) is 23.1 Å². The number of amides is 2. The highest BCUT2D eigenvalue weighted by molar-refractivity contribution is 7.81. The molecule has 37 heavy (non-hydrogen) atoms. The van der Waals surface area contributed by atoms with Gasteiger partial charge in [0.2, 0.25) is 11.8 Å². The number of benzene rings is 2. The molecule has 3 rings (SSSR count). The molecule has 0 bridgehead atoms. The number of nitrogens with one attached hydrogen (secondary N) is 2. The van der Waals surface area contributed by atoms with Gasteiger partial charge in [-0.05, 0) is 47.6 Å². The van der Waals surface area contributed by atoms with Crippen LogP contribution in [-0.4, -0.2) is 53.9 Å². The molecule has 1 fully saturated rings. The molecule has 2 aromatic carbocycles. The first-order valence-electron chi connectivity index (χ1n) is 12.4. The monoisotopic (exact) mass is 528 g/mol. The van der Waals surface area contributed by atoms with Crippen molar-refractivity contribution in [1.82, 2.24) is 10.6 Å². The molecule has 8 nitrogen and oxygen atoms in total. The smallest absolute Gasteiger partial charge is 0.326 e. The molecule has 0 aliphatic heterocycles. The van der Waals surface area contributed by atoms with Gasteiger partial charge in [-0.3, -0.25) is 9.59 Å². The molecule has 2 aromatic rings. The van der Waals surface area contributed by atoms with Crippen LogP contribution in [0.5, 0.6) is 11.5 Å². The molecular formula is C28H36N2O6S. The van der Waals surface area contributed by atoms with Gasteiger partial charge in [-0.1, -0.05) is 51.0 Å². The normalized spacial score (nSPS) is 16.1. The lowest BCUT2D eigenvalue weighted by Gasteiger charge is -2.32. The van der Waals surface area contributed by atoms with Gasteiger partial charge in [0.15, 0.2) is 0 Å². The molecule has 2 unspecified atom stereocenters. The summed E-state index contributed by atoms with van der Waals surface area (Å²) in [5.74, 6) is -0.584. The van der Waals surface area contributed by atoms with Crippen molar-refractivity contribution in [1.29, 1.82) is 0 Å². The van der Waals surface area contributed by atoms with Crippen molar-refractivity contribution in [2.75, 3.05) is 14.2 Å². The van der Waals surface area contributed by atoms with Crippen LogP contribution >= 0.6 is 12.6 Å². The molecule has 0 spiro atoms. The second-order valence-corrected chi connectivity index (χ2v) is 10.4. The summed E-state index contributed by atoms with van der Waals surface area (Å²) in [4.78, 5) is 38.1. The summed E-state index contributed by atoms with van der Waals surface area (Å²) in [6.07, 6.45) is 2.60. The van der Waals surface area contributed by atoms with Crippen molar-refractivity contribution in [3.05, 3.63) is 48.0 Å². The first-order chi connectivity index (χ1) is 17.6. The van der Waals surface area contributed by atoms with Gasteiger partial charge in [0.25, 0.3) is 0 Å². The lowest BCUT2D eigenvalue weighted by atomic mass is 9.94. The summed E-state index contributed by atoms with van der Waals surface area (Å²) in [7, 11) is 3.18. The predicted molar refractivity (Wildman–Crippen MR) is 145 cm³/mol. The van der Waals surface area contributed by atoms with E-state index in [1.165, 1.54) is 0 Å². The Labute approximate surface area is 223 Å². The van der Waals surface area contributed by atoms with Gasteiger partial charge in [0.05, 0.1) is 19.5 Å². The highest BCUT2D eigenvalue weighted by Gasteiger charge is 2.44. The summed E-state index contributed by atoms with van der Waals surface area (Å²) in [6.45, 7) is 3.77. The fourth-order valence-corrected chi connectivity index (χ4v) is 4.60. The zero-order chi connectivity index (χ0) is 27.2. The number of aliphatic carboxylic acids is 1. The predicted octanol–water partition coefficient (Wildman–Crippen LogP) is 3.87. The lowest BCUT2D eigenvalue weighted by Crippen LogP contribution is -2.61. The van der Waals surface area contributed by atoms with Gasteiger partial charge in [0, 0.05) is 12.5 Å². The van der Waals surface area contributed by atoms with E-state index in [0.29, 0.717) is 24.3 Å². The molecule has 1 aliphatic carbocycles. The second-order valence-electron chi connectivity index (χ2n) is 9.83. The Bertz CT molecular complexity index is 1090. The molecule has 2 amide bonds. The van der Waals surface area contributed by atoms with Crippen molar-refractivity contribution in [2.45, 2.75) is 62.8 Å². The Kier molecular flexibility index (Phi) is 9.48. The minimum absolute atomic E-state index is 0.00218. The van der Waals surface area contributed by atoms with Crippen molar-refractivity contribution < 1.29 is 29.0 Å². The van der Waals surface area contributed by atoms with Crippen molar-refractivity contribution in [3.63, 3.8) is 0 Å². The van der Waals surface area contributed by atoms with E-state index < -0.39 is 28.7 Å². The van der Waals surface area contributed by atoms with Gasteiger partial charge >= 0.3 is 5.97 Å². The first kappa shape index (κ1) is 28.4. The fourth-order valence-electron chi connectivity index (χ4n) is 4.54. The average Bonchev–Trinajstić information content (AvgIpc) is 3.37. The van der Waals surface area contributed by atoms with Crippen LogP contribution in [0.4, 0.5) is 0 Å². The van der Waals surface area contributed by atoms with Gasteiger partial charge < -0.3 is 25.2 Å². The maximum Gasteiger partial charge on any atom is 0.326 e. The van der Waals surface area contributed by atoms with E-state index >= 15 is 0 Å². The van der Waals surface area contributed by atoms with Crippen LogP contribution in [0.2, 0.25) is 0 Å². The fraction of sp³-hybridized carbons (Fsp3) is 0.464. The number of rotatable bonds is 11. The molecule has 0 aromatic heterocycles. The van der Waals surface area contributed by atoms with Crippen molar-refractivity contribution in [3.8, 4) is 22.6 Å². The molecule has 0 saturated heterocycles. The van der Waals surface area contributed by atoms with E-state index in [4.69, 9.17) is 9.47 Å². The summed E-state index contributed by atoms with van der Waals surface area (Å²) in [6, 6.07) is 11.9. The van der Waals surface area contributed by atoms with Crippen LogP contribution in [0.15, 0.2) is 42.5 Å². The van der Waals surface area contributed by atoms with Crippen LogP contribution in [0.1, 0.15) is 45.1 Å². The summed E-state index contributed by atoms with van der Waals surface area (Å²) in [5.41, 5.74) is 1.45. The van der Waals surface area contributed by atoms with E-state index in [1.54, 1.807) is 20.3 Å². The van der Waals surface area contributed by atoms with Gasteiger partial charge in [-0.2, -0.15) is 12.6 Å². The Morgan fingerprint density at radius 2 is 1.54 bits per heavy atom. The average molecular weight is 529 g/mol. The SMILES string of the molecule is COc1cc(OC)cc(-c2ccc(CC(NC(=O)C3(NC(=O)C(S)C(C)C)CCCC3)C(=O)O)cc2)c1. The first-order valence-corrected chi connectivity index (χ1v) is 13.0. The number of hydrogen-bond acceptors (Lipinski definition) is 6. The number of carboxylic acids is 1. The number of carbonyl (C=O) groups is 3. The lowest BCUT2D eigenvalue weighted by molar-refractivity contribution is -0.143. The Hall–Kier alpha value is -3.20. The highest BCUT2D eigenvalue weighted by Crippen LogP contribution is 2.32. The van der Waals surface area contributed by atoms with E-state index in [1.807, 2.05) is 50.2 Å². The summed E-state index contributed by atoms with van der Waals surface area (Å²) >= 11 is 4.37. The molecule has 9 heteroatoms. The highest BCUT2D eigenvalue weighted by atomic mass is 32.1. The summed E-state index contributed by atoms with van der Waals surface area (Å²) < 4.78 is 10.7. The molecule has 200 valence electrons. The number of thiol groups is 1.